The number of alkyl halides is 3. The first-order valence-corrected chi connectivity index (χ1v) is 12.6. The van der Waals surface area contributed by atoms with Crippen molar-refractivity contribution in [2.24, 2.45) is 0 Å². The van der Waals surface area contributed by atoms with Gasteiger partial charge in [0, 0.05) is 43.5 Å². The van der Waals surface area contributed by atoms with Crippen molar-refractivity contribution in [2.75, 3.05) is 44.3 Å². The Kier molecular flexibility index (Phi) is 5.73. The first-order valence-electron chi connectivity index (χ1n) is 11.8. The van der Waals surface area contributed by atoms with Gasteiger partial charge < -0.3 is 9.64 Å². The quantitative estimate of drug-likeness (QED) is 0.433. The highest BCUT2D eigenvalue weighted by molar-refractivity contribution is 7.19. The molecule has 2 aliphatic heterocycles. The Labute approximate surface area is 208 Å². The van der Waals surface area contributed by atoms with Crippen molar-refractivity contribution in [2.45, 2.75) is 32.5 Å². The van der Waals surface area contributed by atoms with Crippen LogP contribution in [0.3, 0.4) is 0 Å². The number of hydrogen-bond donors (Lipinski definition) is 1. The molecule has 0 amide bonds. The molecule has 0 atom stereocenters. The Morgan fingerprint density at radius 3 is 2.64 bits per heavy atom. The summed E-state index contributed by atoms with van der Waals surface area (Å²) in [5.74, 6) is 0. The second kappa shape index (κ2) is 8.82. The zero-order valence-electron chi connectivity index (χ0n) is 19.8. The topological polar surface area (TPSA) is 87.5 Å². The number of aryl methyl sites for hydroxylation is 2. The standard InChI is InChI=1S/C23H25F3N8OS/c1-13-7-15(9-34-20(13)27-12-28-34)18-17(8-23(24,25)26)19(31-30-18)21-29-14(2)22(36-21)33-5-3-32(4-6-33)16-10-35-11-16/h7,9,12,16H,3-6,8,10-11H2,1-2H3,(H,30,31). The van der Waals surface area contributed by atoms with Gasteiger partial charge in [-0.1, -0.05) is 11.3 Å². The number of ether oxygens (including phenoxy) is 1. The Balaban J connectivity index is 1.34. The summed E-state index contributed by atoms with van der Waals surface area (Å²) in [7, 11) is 0. The van der Waals surface area contributed by atoms with Crippen LogP contribution in [0.15, 0.2) is 18.6 Å². The maximum atomic E-state index is 13.7. The molecule has 4 aromatic heterocycles. The van der Waals surface area contributed by atoms with Gasteiger partial charge in [0.05, 0.1) is 37.1 Å². The van der Waals surface area contributed by atoms with E-state index in [1.54, 1.807) is 16.8 Å². The van der Waals surface area contributed by atoms with Gasteiger partial charge in [0.2, 0.25) is 0 Å². The second-order valence-corrected chi connectivity index (χ2v) is 10.3. The molecule has 13 heteroatoms. The lowest BCUT2D eigenvalue weighted by molar-refractivity contribution is -0.127. The van der Waals surface area contributed by atoms with Crippen LogP contribution in [0, 0.1) is 13.8 Å². The van der Waals surface area contributed by atoms with Crippen molar-refractivity contribution in [3.8, 4) is 22.0 Å². The smallest absolute Gasteiger partial charge is 0.378 e. The van der Waals surface area contributed by atoms with Crippen LogP contribution in [0.4, 0.5) is 18.2 Å². The predicted molar refractivity (Wildman–Crippen MR) is 129 cm³/mol. The molecule has 0 spiro atoms. The van der Waals surface area contributed by atoms with Crippen molar-refractivity contribution < 1.29 is 17.9 Å². The van der Waals surface area contributed by atoms with Crippen LogP contribution < -0.4 is 4.90 Å². The van der Waals surface area contributed by atoms with Crippen molar-refractivity contribution >= 4 is 22.0 Å². The molecule has 0 unspecified atom stereocenters. The number of rotatable bonds is 5. The molecule has 6 rings (SSSR count). The number of hydrogen-bond acceptors (Lipinski definition) is 8. The third kappa shape index (κ3) is 4.24. The van der Waals surface area contributed by atoms with E-state index in [1.807, 2.05) is 13.8 Å². The van der Waals surface area contributed by atoms with E-state index in [0.29, 0.717) is 28.0 Å². The molecule has 0 aliphatic carbocycles. The van der Waals surface area contributed by atoms with Crippen molar-refractivity contribution in [1.29, 1.82) is 0 Å². The highest BCUT2D eigenvalue weighted by Crippen LogP contribution is 2.40. The molecule has 190 valence electrons. The maximum Gasteiger partial charge on any atom is 0.393 e. The lowest BCUT2D eigenvalue weighted by Gasteiger charge is -2.42. The average molecular weight is 519 g/mol. The number of pyridine rings is 1. The number of anilines is 1. The van der Waals surface area contributed by atoms with Crippen molar-refractivity contribution in [3.63, 3.8) is 0 Å². The molecule has 6 heterocycles. The summed E-state index contributed by atoms with van der Waals surface area (Å²) in [5, 5.41) is 12.8. The molecule has 2 aliphatic rings. The molecule has 0 radical (unpaired) electrons. The van der Waals surface area contributed by atoms with E-state index in [9.17, 15) is 13.2 Å². The summed E-state index contributed by atoms with van der Waals surface area (Å²) >= 11 is 1.40. The van der Waals surface area contributed by atoms with Gasteiger partial charge >= 0.3 is 6.18 Å². The molecule has 2 saturated heterocycles. The average Bonchev–Trinajstić information content (AvgIpc) is 3.50. The molecule has 36 heavy (non-hydrogen) atoms. The van der Waals surface area contributed by atoms with Gasteiger partial charge in [0.15, 0.2) is 5.65 Å². The fourth-order valence-electron chi connectivity index (χ4n) is 4.89. The summed E-state index contributed by atoms with van der Waals surface area (Å²) in [6.45, 7) is 8.87. The largest absolute Gasteiger partial charge is 0.393 e. The van der Waals surface area contributed by atoms with Crippen LogP contribution >= 0.6 is 11.3 Å². The monoisotopic (exact) mass is 518 g/mol. The lowest BCUT2D eigenvalue weighted by Crippen LogP contribution is -2.56. The Morgan fingerprint density at radius 2 is 1.94 bits per heavy atom. The first-order chi connectivity index (χ1) is 17.3. The Hall–Kier alpha value is -3.03. The normalized spacial score (nSPS) is 17.8. The van der Waals surface area contributed by atoms with Gasteiger partial charge in [-0.25, -0.2) is 14.5 Å². The third-order valence-corrected chi connectivity index (χ3v) is 8.03. The number of halogens is 3. The number of nitrogens with one attached hydrogen (secondary N) is 1. The first kappa shape index (κ1) is 23.4. The van der Waals surface area contributed by atoms with Gasteiger partial charge in [-0.15, -0.1) is 0 Å². The zero-order chi connectivity index (χ0) is 25.0. The Bertz CT molecular complexity index is 1400. The van der Waals surface area contributed by atoms with Crippen LogP contribution in [0.2, 0.25) is 0 Å². The van der Waals surface area contributed by atoms with Gasteiger partial charge in [-0.05, 0) is 25.5 Å². The van der Waals surface area contributed by atoms with Gasteiger partial charge in [-0.3, -0.25) is 10.00 Å². The van der Waals surface area contributed by atoms with E-state index >= 15 is 0 Å². The summed E-state index contributed by atoms with van der Waals surface area (Å²) in [4.78, 5) is 13.6. The third-order valence-electron chi connectivity index (χ3n) is 6.81. The van der Waals surface area contributed by atoms with Crippen LogP contribution in [0.1, 0.15) is 16.8 Å². The molecule has 1 N–H and O–H groups in total. The van der Waals surface area contributed by atoms with E-state index in [4.69, 9.17) is 4.74 Å². The zero-order valence-corrected chi connectivity index (χ0v) is 20.7. The minimum absolute atomic E-state index is 0.0801. The minimum atomic E-state index is -4.41. The molecule has 4 aromatic rings. The summed E-state index contributed by atoms with van der Waals surface area (Å²) < 4.78 is 48.0. The van der Waals surface area contributed by atoms with Crippen LogP contribution in [0.25, 0.3) is 27.6 Å². The molecular formula is C23H25F3N8OS. The number of thiazole rings is 1. The number of fused-ring (bicyclic) bond motifs is 1. The van der Waals surface area contributed by atoms with E-state index in [0.717, 1.165) is 55.7 Å². The summed E-state index contributed by atoms with van der Waals surface area (Å²) in [6.07, 6.45) is -2.44. The van der Waals surface area contributed by atoms with E-state index in [2.05, 4.69) is 35.1 Å². The number of aromatic nitrogens is 6. The van der Waals surface area contributed by atoms with Crippen LogP contribution in [0.5, 0.6) is 0 Å². The van der Waals surface area contributed by atoms with Crippen LogP contribution in [-0.2, 0) is 11.2 Å². The predicted octanol–water partition coefficient (Wildman–Crippen LogP) is 3.49. The van der Waals surface area contributed by atoms with E-state index < -0.39 is 12.6 Å². The van der Waals surface area contributed by atoms with Crippen LogP contribution in [-0.4, -0.2) is 86.3 Å². The number of H-pyrrole nitrogens is 1. The summed E-state index contributed by atoms with van der Waals surface area (Å²) in [6, 6.07) is 2.30. The number of nitrogens with zero attached hydrogens (tertiary/aromatic N) is 7. The molecule has 0 saturated carbocycles. The number of aromatic amines is 1. The second-order valence-electron chi connectivity index (χ2n) is 9.28. The molecule has 2 fully saturated rings. The number of piperazine rings is 1. The molecule has 0 aromatic carbocycles. The highest BCUT2D eigenvalue weighted by Gasteiger charge is 2.34. The summed E-state index contributed by atoms with van der Waals surface area (Å²) in [5.41, 5.74) is 3.46. The highest BCUT2D eigenvalue weighted by atomic mass is 32.1. The van der Waals surface area contributed by atoms with Gasteiger partial charge in [-0.2, -0.15) is 23.4 Å². The van der Waals surface area contributed by atoms with Crippen molar-refractivity contribution in [3.05, 3.63) is 35.4 Å². The fourth-order valence-corrected chi connectivity index (χ4v) is 6.03. The molecule has 0 bridgehead atoms. The van der Waals surface area contributed by atoms with E-state index in [-0.39, 0.29) is 11.3 Å². The fraction of sp³-hybridized carbons (Fsp3) is 0.478. The van der Waals surface area contributed by atoms with Crippen molar-refractivity contribution in [1.82, 2.24) is 34.7 Å². The SMILES string of the molecule is Cc1nc(-c2n[nH]c(-c3cc(C)c4ncnn4c3)c2CC(F)(F)F)sc1N1CCN(C2COC2)CC1. The molecule has 9 nitrogen and oxygen atoms in total. The van der Waals surface area contributed by atoms with E-state index in [1.165, 1.54) is 17.7 Å². The molecular weight excluding hydrogens is 493 g/mol. The maximum absolute atomic E-state index is 13.7. The lowest BCUT2D eigenvalue weighted by atomic mass is 10.0. The van der Waals surface area contributed by atoms with Gasteiger partial charge in [0.1, 0.15) is 22.0 Å². The minimum Gasteiger partial charge on any atom is -0.378 e. The van der Waals surface area contributed by atoms with Gasteiger partial charge in [0.25, 0.3) is 0 Å². The Morgan fingerprint density at radius 1 is 1.17 bits per heavy atom.